The normalized spacial score (nSPS) is 20.6. The van der Waals surface area contributed by atoms with Crippen molar-refractivity contribution in [3.63, 3.8) is 0 Å². The molecule has 0 saturated carbocycles. The van der Waals surface area contributed by atoms with E-state index in [9.17, 15) is 31.2 Å². The predicted octanol–water partition coefficient (Wildman–Crippen LogP) is 1.11. The Morgan fingerprint density at radius 1 is 1.10 bits per heavy atom. The largest absolute Gasteiger partial charge is 0.501 e. The molecule has 8 nitrogen and oxygen atoms in total. The lowest BCUT2D eigenvalue weighted by molar-refractivity contribution is -0.121. The lowest BCUT2D eigenvalue weighted by Crippen LogP contribution is -2.58. The quantitative estimate of drug-likeness (QED) is 0.745. The van der Waals surface area contributed by atoms with Gasteiger partial charge in [0.15, 0.2) is 0 Å². The van der Waals surface area contributed by atoms with Crippen molar-refractivity contribution in [1.82, 2.24) is 9.80 Å². The Bertz CT molecular complexity index is 883. The molecule has 2 fully saturated rings. The molecule has 1 atom stereocenters. The van der Waals surface area contributed by atoms with Crippen LogP contribution in [0.25, 0.3) is 0 Å². The van der Waals surface area contributed by atoms with E-state index in [-0.39, 0.29) is 24.7 Å². The molecule has 2 saturated heterocycles. The average Bonchev–Trinajstić information content (AvgIpc) is 3.10. The monoisotopic (exact) mass is 435 g/mol. The van der Waals surface area contributed by atoms with Crippen LogP contribution < -0.4 is 5.73 Å². The fraction of sp³-hybridized carbons (Fsp3) is 0.529. The van der Waals surface area contributed by atoms with Crippen molar-refractivity contribution >= 4 is 21.8 Å². The smallest absolute Gasteiger partial charge is 0.370 e. The first-order valence-electron chi connectivity index (χ1n) is 8.84. The number of alkyl halides is 3. The number of rotatable bonds is 5. The van der Waals surface area contributed by atoms with Crippen molar-refractivity contribution in [2.75, 3.05) is 26.2 Å². The summed E-state index contributed by atoms with van der Waals surface area (Å²) in [5.74, 6) is -0.740. The maximum atomic E-state index is 12.5. The molecule has 3 rings (SSSR count). The Hall–Kier alpha value is -2.34. The van der Waals surface area contributed by atoms with Gasteiger partial charge in [0.2, 0.25) is 5.91 Å². The second-order valence-electron chi connectivity index (χ2n) is 7.05. The summed E-state index contributed by atoms with van der Waals surface area (Å²) in [6, 6.07) is 4.11. The van der Waals surface area contributed by atoms with E-state index in [0.717, 1.165) is 12.1 Å². The lowest BCUT2D eigenvalue weighted by atomic mass is 10.1. The number of carbonyl (C=O) groups is 2. The molecule has 1 aromatic carbocycles. The van der Waals surface area contributed by atoms with Crippen molar-refractivity contribution in [3.8, 4) is 0 Å². The van der Waals surface area contributed by atoms with Gasteiger partial charge in [-0.05, 0) is 24.1 Å². The third-order valence-corrected chi connectivity index (χ3v) is 6.51. The third-order valence-electron chi connectivity index (χ3n) is 5.00. The van der Waals surface area contributed by atoms with E-state index < -0.39 is 26.1 Å². The van der Waals surface area contributed by atoms with Crippen molar-refractivity contribution in [1.29, 1.82) is 0 Å². The zero-order valence-corrected chi connectivity index (χ0v) is 16.1. The minimum absolute atomic E-state index is 0.0759. The van der Waals surface area contributed by atoms with Crippen LogP contribution in [-0.4, -0.2) is 67.9 Å². The minimum Gasteiger partial charge on any atom is -0.370 e. The average molecular weight is 435 g/mol. The highest BCUT2D eigenvalue weighted by molar-refractivity contribution is 7.92. The number of hydrogen-bond acceptors (Lipinski definition) is 5. The molecule has 0 radical (unpaired) electrons. The van der Waals surface area contributed by atoms with Crippen LogP contribution in [0.15, 0.2) is 29.2 Å². The summed E-state index contributed by atoms with van der Waals surface area (Å²) in [6.07, 6.45) is 0.321. The van der Waals surface area contributed by atoms with E-state index >= 15 is 0 Å². The van der Waals surface area contributed by atoms with Crippen LogP contribution in [0.2, 0.25) is 0 Å². The number of sulfone groups is 1. The van der Waals surface area contributed by atoms with Gasteiger partial charge < -0.3 is 20.3 Å². The number of halogens is 3. The molecular weight excluding hydrogens is 415 g/mol. The molecule has 160 valence electrons. The van der Waals surface area contributed by atoms with E-state index in [4.69, 9.17) is 10.5 Å². The van der Waals surface area contributed by atoms with Crippen molar-refractivity contribution in [2.45, 2.75) is 29.5 Å². The van der Waals surface area contributed by atoms with E-state index in [0.29, 0.717) is 38.2 Å². The first-order chi connectivity index (χ1) is 13.5. The second kappa shape index (κ2) is 7.82. The number of ether oxygens (including phenoxy) is 1. The number of benzene rings is 1. The summed E-state index contributed by atoms with van der Waals surface area (Å²) in [4.78, 5) is 25.8. The highest BCUT2D eigenvalue weighted by Gasteiger charge is 2.46. The van der Waals surface area contributed by atoms with Crippen LogP contribution in [0.1, 0.15) is 12.0 Å². The molecule has 12 heteroatoms. The van der Waals surface area contributed by atoms with Crippen LogP contribution in [0.5, 0.6) is 0 Å². The molecule has 2 N–H and O–H groups in total. The Kier molecular flexibility index (Phi) is 5.77. The Labute approximate surface area is 165 Å². The summed E-state index contributed by atoms with van der Waals surface area (Å²) < 4.78 is 65.9. The number of urea groups is 1. The van der Waals surface area contributed by atoms with E-state index in [1.165, 1.54) is 12.1 Å². The van der Waals surface area contributed by atoms with Gasteiger partial charge in [-0.1, -0.05) is 12.1 Å². The molecule has 2 heterocycles. The zero-order valence-electron chi connectivity index (χ0n) is 15.3. The van der Waals surface area contributed by atoms with Gasteiger partial charge in [0, 0.05) is 13.1 Å². The lowest BCUT2D eigenvalue weighted by Gasteiger charge is -2.40. The summed E-state index contributed by atoms with van der Waals surface area (Å²) >= 11 is 0. The summed E-state index contributed by atoms with van der Waals surface area (Å²) in [5.41, 5.74) is 0.420. The van der Waals surface area contributed by atoms with Gasteiger partial charge in [0.25, 0.3) is 9.84 Å². The van der Waals surface area contributed by atoms with Crippen LogP contribution in [0.3, 0.4) is 0 Å². The van der Waals surface area contributed by atoms with Crippen LogP contribution >= 0.6 is 0 Å². The number of carbonyl (C=O) groups excluding carboxylic acids is 2. The Balaban J connectivity index is 1.45. The van der Waals surface area contributed by atoms with E-state index in [1.807, 2.05) is 0 Å². The molecule has 0 spiro atoms. The third kappa shape index (κ3) is 4.47. The maximum Gasteiger partial charge on any atom is 0.501 e. The number of nitrogens with two attached hydrogens (primary N) is 1. The fourth-order valence-corrected chi connectivity index (χ4v) is 3.94. The zero-order chi connectivity index (χ0) is 21.4. The topological polar surface area (TPSA) is 110 Å². The van der Waals surface area contributed by atoms with Gasteiger partial charge in [-0.3, -0.25) is 4.79 Å². The number of nitrogens with zero attached hydrogens (tertiary/aromatic N) is 2. The molecule has 2 aliphatic heterocycles. The van der Waals surface area contributed by atoms with Crippen LogP contribution in [0.4, 0.5) is 18.0 Å². The SMILES string of the molecule is NC(=O)[C@H]1CCN(C(=O)N2CC(OCc3ccc(S(=O)(=O)C(F)(F)F)cc3)C2)C1. The molecule has 0 bridgehead atoms. The highest BCUT2D eigenvalue weighted by atomic mass is 32.2. The Morgan fingerprint density at radius 3 is 2.24 bits per heavy atom. The molecule has 2 aliphatic rings. The fourth-order valence-electron chi connectivity index (χ4n) is 3.18. The minimum atomic E-state index is -5.37. The van der Waals surface area contributed by atoms with Gasteiger partial charge in [0.1, 0.15) is 0 Å². The van der Waals surface area contributed by atoms with Crippen molar-refractivity contribution in [3.05, 3.63) is 29.8 Å². The van der Waals surface area contributed by atoms with Crippen LogP contribution in [-0.2, 0) is 26.0 Å². The highest BCUT2D eigenvalue weighted by Crippen LogP contribution is 2.30. The molecule has 3 amide bonds. The first-order valence-corrected chi connectivity index (χ1v) is 10.3. The second-order valence-corrected chi connectivity index (χ2v) is 8.99. The number of likely N-dealkylation sites (tertiary alicyclic amines) is 2. The maximum absolute atomic E-state index is 12.5. The van der Waals surface area contributed by atoms with Gasteiger partial charge in [-0.2, -0.15) is 13.2 Å². The molecule has 0 unspecified atom stereocenters. The van der Waals surface area contributed by atoms with Gasteiger partial charge in [0.05, 0.1) is 36.6 Å². The summed E-state index contributed by atoms with van der Waals surface area (Å²) in [6.45, 7) is 1.58. The number of amides is 3. The van der Waals surface area contributed by atoms with Gasteiger partial charge >= 0.3 is 11.5 Å². The summed E-state index contributed by atoms with van der Waals surface area (Å²) in [7, 11) is -5.37. The number of hydrogen-bond donors (Lipinski definition) is 1. The summed E-state index contributed by atoms with van der Waals surface area (Å²) in [5, 5.41) is 0. The molecule has 29 heavy (non-hydrogen) atoms. The van der Waals surface area contributed by atoms with Crippen LogP contribution in [0, 0.1) is 5.92 Å². The van der Waals surface area contributed by atoms with Crippen molar-refractivity contribution in [2.24, 2.45) is 11.7 Å². The van der Waals surface area contributed by atoms with E-state index in [2.05, 4.69) is 0 Å². The van der Waals surface area contributed by atoms with E-state index in [1.54, 1.807) is 9.80 Å². The number of primary amides is 1. The van der Waals surface area contributed by atoms with Gasteiger partial charge in [-0.15, -0.1) is 0 Å². The molecule has 0 aromatic heterocycles. The molecular formula is C17H20F3N3O5S. The first kappa shape index (κ1) is 21.4. The van der Waals surface area contributed by atoms with Crippen molar-refractivity contribution < 1.29 is 35.9 Å². The molecule has 0 aliphatic carbocycles. The standard InChI is InChI=1S/C17H20F3N3O5S/c18-17(19,20)29(26,27)14-3-1-11(2-4-14)10-28-13-8-23(9-13)16(25)22-6-5-12(7-22)15(21)24/h1-4,12-13H,5-10H2,(H2,21,24)/t12-/m0/s1. The Morgan fingerprint density at radius 2 is 1.72 bits per heavy atom. The molecule has 1 aromatic rings. The predicted molar refractivity (Wildman–Crippen MR) is 94.1 cm³/mol. The van der Waals surface area contributed by atoms with Gasteiger partial charge in [-0.25, -0.2) is 13.2 Å².